The molecule has 4 rings (SSSR count). The van der Waals surface area contributed by atoms with Crippen molar-refractivity contribution < 1.29 is 14.7 Å². The zero-order valence-electron chi connectivity index (χ0n) is 19.2. The monoisotopic (exact) mass is 459 g/mol. The molecule has 1 aliphatic heterocycles. The zero-order chi connectivity index (χ0) is 24.2. The molecule has 176 valence electrons. The molecule has 1 aromatic heterocycles. The SMILES string of the molecule is CCNC=O.O=C1c2cccc(-n3cccn3)c2CCN1CCC=Nc1ccccc1/C=C/O. The van der Waals surface area contributed by atoms with Crippen LogP contribution in [0, 0.1) is 0 Å². The lowest BCUT2D eigenvalue weighted by molar-refractivity contribution is -0.109. The molecule has 0 saturated heterocycles. The van der Waals surface area contributed by atoms with E-state index < -0.39 is 0 Å². The number of aromatic nitrogens is 2. The summed E-state index contributed by atoms with van der Waals surface area (Å²) in [7, 11) is 0. The van der Waals surface area contributed by atoms with Crippen LogP contribution in [0.5, 0.6) is 0 Å². The van der Waals surface area contributed by atoms with Gasteiger partial charge in [0.25, 0.3) is 5.91 Å². The van der Waals surface area contributed by atoms with E-state index in [9.17, 15) is 9.59 Å². The number of aliphatic hydroxyl groups is 1. The maximum atomic E-state index is 13.0. The van der Waals surface area contributed by atoms with Crippen LogP contribution in [-0.4, -0.2) is 58.0 Å². The molecule has 0 saturated carbocycles. The molecule has 0 bridgehead atoms. The first-order chi connectivity index (χ1) is 16.7. The summed E-state index contributed by atoms with van der Waals surface area (Å²) >= 11 is 0. The van der Waals surface area contributed by atoms with E-state index in [2.05, 4.69) is 15.4 Å². The molecule has 2 amide bonds. The zero-order valence-corrected chi connectivity index (χ0v) is 19.2. The molecule has 2 N–H and O–H groups in total. The van der Waals surface area contributed by atoms with Crippen molar-refractivity contribution in [3.63, 3.8) is 0 Å². The van der Waals surface area contributed by atoms with Gasteiger partial charge in [-0.25, -0.2) is 4.68 Å². The van der Waals surface area contributed by atoms with Crippen molar-refractivity contribution >= 4 is 30.3 Å². The molecule has 1 aliphatic rings. The number of rotatable bonds is 8. The van der Waals surface area contributed by atoms with Gasteiger partial charge in [0, 0.05) is 55.8 Å². The van der Waals surface area contributed by atoms with Crippen molar-refractivity contribution in [3.05, 3.63) is 83.9 Å². The van der Waals surface area contributed by atoms with E-state index in [-0.39, 0.29) is 5.91 Å². The van der Waals surface area contributed by atoms with Crippen molar-refractivity contribution in [2.45, 2.75) is 19.8 Å². The highest BCUT2D eigenvalue weighted by atomic mass is 16.2. The lowest BCUT2D eigenvalue weighted by Crippen LogP contribution is -2.38. The third-order valence-electron chi connectivity index (χ3n) is 5.29. The van der Waals surface area contributed by atoms with E-state index in [1.807, 2.05) is 77.4 Å². The van der Waals surface area contributed by atoms with Gasteiger partial charge in [-0.15, -0.1) is 0 Å². The quantitative estimate of drug-likeness (QED) is 0.303. The average molecular weight is 460 g/mol. The summed E-state index contributed by atoms with van der Waals surface area (Å²) in [5.74, 6) is 0.0530. The number of carbonyl (C=O) groups excluding carboxylic acids is 2. The highest BCUT2D eigenvalue weighted by Crippen LogP contribution is 2.25. The number of hydrogen-bond donors (Lipinski definition) is 2. The van der Waals surface area contributed by atoms with Crippen LogP contribution in [0.25, 0.3) is 11.8 Å². The first-order valence-electron chi connectivity index (χ1n) is 11.2. The van der Waals surface area contributed by atoms with Gasteiger partial charge in [-0.05, 0) is 49.2 Å². The van der Waals surface area contributed by atoms with Crippen molar-refractivity contribution in [2.75, 3.05) is 19.6 Å². The molecule has 0 atom stereocenters. The Labute approximate surface area is 199 Å². The molecule has 2 heterocycles. The number of nitrogens with zero attached hydrogens (tertiary/aromatic N) is 4. The van der Waals surface area contributed by atoms with Crippen LogP contribution in [-0.2, 0) is 11.2 Å². The van der Waals surface area contributed by atoms with Crippen molar-refractivity contribution in [1.82, 2.24) is 20.0 Å². The summed E-state index contributed by atoms with van der Waals surface area (Å²) in [6, 6.07) is 15.3. The number of aliphatic imine (C=N–C) groups is 1. The van der Waals surface area contributed by atoms with E-state index >= 15 is 0 Å². The van der Waals surface area contributed by atoms with Crippen LogP contribution in [0.4, 0.5) is 5.69 Å². The standard InChI is InChI=1S/C23H22N4O2.C3H7NO/c28-17-11-18-6-1-2-8-21(18)24-12-4-14-26-16-10-19-20(23(26)29)7-3-9-22(19)27-15-5-13-25-27;1-2-4-3-5/h1-3,5-9,11-13,15,17,28H,4,10,14,16H2;3H,2H2,1H3,(H,4,5)/b17-11+,24-12?;. The Morgan fingerprint density at radius 3 is 2.74 bits per heavy atom. The van der Waals surface area contributed by atoms with E-state index in [4.69, 9.17) is 5.11 Å². The summed E-state index contributed by atoms with van der Waals surface area (Å²) in [6.07, 6.45) is 10.2. The highest BCUT2D eigenvalue weighted by molar-refractivity contribution is 5.97. The molecule has 3 aromatic rings. The fourth-order valence-electron chi connectivity index (χ4n) is 3.68. The number of hydrogen-bond acceptors (Lipinski definition) is 5. The second kappa shape index (κ2) is 12.7. The van der Waals surface area contributed by atoms with Crippen LogP contribution >= 0.6 is 0 Å². The smallest absolute Gasteiger partial charge is 0.254 e. The van der Waals surface area contributed by atoms with Gasteiger partial charge < -0.3 is 15.3 Å². The minimum atomic E-state index is 0.0530. The van der Waals surface area contributed by atoms with Crippen molar-refractivity contribution in [2.24, 2.45) is 4.99 Å². The number of fused-ring (bicyclic) bond motifs is 1. The lowest BCUT2D eigenvalue weighted by Gasteiger charge is -2.29. The Balaban J connectivity index is 0.000000588. The molecule has 34 heavy (non-hydrogen) atoms. The first kappa shape index (κ1) is 24.4. The van der Waals surface area contributed by atoms with Gasteiger partial charge in [0.2, 0.25) is 6.41 Å². The van der Waals surface area contributed by atoms with Crippen LogP contribution in [0.2, 0.25) is 0 Å². The van der Waals surface area contributed by atoms with E-state index in [0.29, 0.717) is 25.9 Å². The van der Waals surface area contributed by atoms with Gasteiger partial charge in [-0.3, -0.25) is 14.6 Å². The summed E-state index contributed by atoms with van der Waals surface area (Å²) in [5, 5.41) is 15.7. The summed E-state index contributed by atoms with van der Waals surface area (Å²) in [6.45, 7) is 3.89. The second-order valence-corrected chi connectivity index (χ2v) is 7.45. The molecule has 0 unspecified atom stereocenters. The van der Waals surface area contributed by atoms with Crippen molar-refractivity contribution in [1.29, 1.82) is 0 Å². The fraction of sp³-hybridized carbons (Fsp3) is 0.231. The average Bonchev–Trinajstić information content (AvgIpc) is 3.40. The maximum Gasteiger partial charge on any atom is 0.254 e. The number of aliphatic hydroxyl groups excluding tert-OH is 1. The van der Waals surface area contributed by atoms with E-state index in [1.54, 1.807) is 12.3 Å². The predicted octanol–water partition coefficient (Wildman–Crippen LogP) is 3.94. The molecule has 0 fully saturated rings. The molecular weight excluding hydrogens is 430 g/mol. The number of nitrogens with one attached hydrogen (secondary N) is 1. The number of carbonyl (C=O) groups is 2. The Morgan fingerprint density at radius 2 is 2.03 bits per heavy atom. The van der Waals surface area contributed by atoms with Gasteiger partial charge in [0.15, 0.2) is 0 Å². The lowest BCUT2D eigenvalue weighted by atomic mass is 9.97. The van der Waals surface area contributed by atoms with Gasteiger partial charge in [-0.1, -0.05) is 24.3 Å². The molecule has 8 nitrogen and oxygen atoms in total. The van der Waals surface area contributed by atoms with Crippen LogP contribution in [0.3, 0.4) is 0 Å². The Bertz CT molecular complexity index is 1140. The Kier molecular flexibility index (Phi) is 9.16. The number of para-hydroxylation sites is 1. The first-order valence-corrected chi connectivity index (χ1v) is 11.2. The van der Waals surface area contributed by atoms with Gasteiger partial charge in [-0.2, -0.15) is 5.10 Å². The van der Waals surface area contributed by atoms with Gasteiger partial charge in [0.1, 0.15) is 0 Å². The summed E-state index contributed by atoms with van der Waals surface area (Å²) in [5.41, 5.74) is 4.41. The van der Waals surface area contributed by atoms with E-state index in [1.165, 1.54) is 0 Å². The van der Waals surface area contributed by atoms with Crippen LogP contribution in [0.15, 0.2) is 72.2 Å². The minimum Gasteiger partial charge on any atom is -0.516 e. The second-order valence-electron chi connectivity index (χ2n) is 7.45. The van der Waals surface area contributed by atoms with Crippen LogP contribution < -0.4 is 5.32 Å². The molecule has 0 radical (unpaired) electrons. The van der Waals surface area contributed by atoms with Gasteiger partial charge in [0.05, 0.1) is 17.6 Å². The molecular formula is C26H29N5O3. The third kappa shape index (κ3) is 6.19. The topological polar surface area (TPSA) is 99.8 Å². The minimum absolute atomic E-state index is 0.0530. The summed E-state index contributed by atoms with van der Waals surface area (Å²) < 4.78 is 1.81. The fourth-order valence-corrected chi connectivity index (χ4v) is 3.68. The third-order valence-corrected chi connectivity index (χ3v) is 5.29. The number of benzene rings is 2. The Morgan fingerprint density at radius 1 is 1.18 bits per heavy atom. The Hall–Kier alpha value is -4.20. The molecule has 0 aliphatic carbocycles. The van der Waals surface area contributed by atoms with Gasteiger partial charge >= 0.3 is 0 Å². The largest absolute Gasteiger partial charge is 0.516 e. The predicted molar refractivity (Wildman–Crippen MR) is 134 cm³/mol. The molecule has 2 aromatic carbocycles. The van der Waals surface area contributed by atoms with Crippen LogP contribution in [0.1, 0.15) is 34.8 Å². The van der Waals surface area contributed by atoms with Crippen molar-refractivity contribution in [3.8, 4) is 5.69 Å². The normalized spacial score (nSPS) is 13.0. The summed E-state index contributed by atoms with van der Waals surface area (Å²) in [4.78, 5) is 28.6. The molecule has 8 heteroatoms. The number of amides is 2. The highest BCUT2D eigenvalue weighted by Gasteiger charge is 2.26. The maximum absolute atomic E-state index is 13.0. The molecule has 0 spiro atoms. The van der Waals surface area contributed by atoms with E-state index in [0.717, 1.165) is 47.3 Å².